The van der Waals surface area contributed by atoms with Gasteiger partial charge in [0.2, 0.25) is 11.9 Å². The Labute approximate surface area is 164 Å². The third-order valence-electron chi connectivity index (χ3n) is 5.52. The van der Waals surface area contributed by atoms with Gasteiger partial charge in [-0.3, -0.25) is 4.79 Å². The van der Waals surface area contributed by atoms with Gasteiger partial charge in [0.25, 0.3) is 0 Å². The summed E-state index contributed by atoms with van der Waals surface area (Å²) in [5.41, 5.74) is 1.39. The Hall–Kier alpha value is -3.03. The molecule has 4 rings (SSSR count). The van der Waals surface area contributed by atoms with E-state index >= 15 is 0 Å². The molecule has 1 saturated carbocycles. The van der Waals surface area contributed by atoms with Crippen molar-refractivity contribution in [2.45, 2.75) is 38.1 Å². The zero-order valence-electron chi connectivity index (χ0n) is 16.2. The SMILES string of the molecule is COc1cc(O)ccc1Nc1ncc2c(n1)N(C1CCCC1)CCC(=O)N2C. The van der Waals surface area contributed by atoms with E-state index in [0.717, 1.165) is 24.3 Å². The maximum atomic E-state index is 12.4. The smallest absolute Gasteiger partial charge is 0.229 e. The third-order valence-corrected chi connectivity index (χ3v) is 5.52. The molecular formula is C20H25N5O3. The van der Waals surface area contributed by atoms with E-state index in [-0.39, 0.29) is 11.7 Å². The number of nitrogens with one attached hydrogen (secondary N) is 1. The zero-order valence-corrected chi connectivity index (χ0v) is 16.2. The van der Waals surface area contributed by atoms with Gasteiger partial charge < -0.3 is 25.0 Å². The summed E-state index contributed by atoms with van der Waals surface area (Å²) in [7, 11) is 3.32. The van der Waals surface area contributed by atoms with Crippen molar-refractivity contribution in [2.75, 3.05) is 35.8 Å². The van der Waals surface area contributed by atoms with Gasteiger partial charge in [-0.05, 0) is 25.0 Å². The number of carbonyl (C=O) groups is 1. The van der Waals surface area contributed by atoms with E-state index in [1.54, 1.807) is 37.4 Å². The number of rotatable bonds is 4. The fraction of sp³-hybridized carbons (Fsp3) is 0.450. The largest absolute Gasteiger partial charge is 0.508 e. The summed E-state index contributed by atoms with van der Waals surface area (Å²) in [6.07, 6.45) is 6.83. The molecule has 0 atom stereocenters. The van der Waals surface area contributed by atoms with Crippen LogP contribution in [0.25, 0.3) is 0 Å². The lowest BCUT2D eigenvalue weighted by atomic mass is 10.2. The topological polar surface area (TPSA) is 90.8 Å². The normalized spacial score (nSPS) is 17.4. The summed E-state index contributed by atoms with van der Waals surface area (Å²) in [6, 6.07) is 5.23. The molecule has 2 aliphatic rings. The fourth-order valence-electron chi connectivity index (χ4n) is 3.97. The van der Waals surface area contributed by atoms with E-state index < -0.39 is 0 Å². The molecule has 0 bridgehead atoms. The molecule has 2 N–H and O–H groups in total. The lowest BCUT2D eigenvalue weighted by Crippen LogP contribution is -2.34. The highest BCUT2D eigenvalue weighted by Gasteiger charge is 2.31. The molecule has 148 valence electrons. The van der Waals surface area contributed by atoms with Crippen molar-refractivity contribution in [3.05, 3.63) is 24.4 Å². The van der Waals surface area contributed by atoms with Crippen LogP contribution in [0.1, 0.15) is 32.1 Å². The lowest BCUT2D eigenvalue weighted by Gasteiger charge is -2.30. The second-order valence-electron chi connectivity index (χ2n) is 7.25. The molecule has 8 nitrogen and oxygen atoms in total. The first kappa shape index (κ1) is 18.3. The van der Waals surface area contributed by atoms with Crippen molar-refractivity contribution in [3.63, 3.8) is 0 Å². The highest BCUT2D eigenvalue weighted by atomic mass is 16.5. The monoisotopic (exact) mass is 383 g/mol. The van der Waals surface area contributed by atoms with Crippen molar-refractivity contribution in [3.8, 4) is 11.5 Å². The summed E-state index contributed by atoms with van der Waals surface area (Å²) in [4.78, 5) is 25.5. The average Bonchev–Trinajstić information content (AvgIpc) is 3.19. The number of amides is 1. The van der Waals surface area contributed by atoms with Crippen LogP contribution >= 0.6 is 0 Å². The number of hydrogen-bond donors (Lipinski definition) is 2. The van der Waals surface area contributed by atoms with Crippen LogP contribution in [0.3, 0.4) is 0 Å². The molecule has 0 radical (unpaired) electrons. The number of benzene rings is 1. The lowest BCUT2D eigenvalue weighted by molar-refractivity contribution is -0.118. The number of phenols is 1. The maximum Gasteiger partial charge on any atom is 0.229 e. The van der Waals surface area contributed by atoms with Gasteiger partial charge in [-0.1, -0.05) is 12.8 Å². The van der Waals surface area contributed by atoms with Crippen LogP contribution in [0, 0.1) is 0 Å². The molecule has 0 spiro atoms. The number of nitrogens with zero attached hydrogens (tertiary/aromatic N) is 4. The highest BCUT2D eigenvalue weighted by molar-refractivity contribution is 5.97. The first-order chi connectivity index (χ1) is 13.6. The van der Waals surface area contributed by atoms with E-state index in [1.807, 2.05) is 0 Å². The van der Waals surface area contributed by atoms with Crippen LogP contribution in [0.5, 0.6) is 11.5 Å². The Bertz CT molecular complexity index is 882. The molecule has 1 aromatic carbocycles. The van der Waals surface area contributed by atoms with Crippen molar-refractivity contribution < 1.29 is 14.6 Å². The first-order valence-corrected chi connectivity index (χ1v) is 9.61. The van der Waals surface area contributed by atoms with Gasteiger partial charge >= 0.3 is 0 Å². The molecule has 28 heavy (non-hydrogen) atoms. The number of hydrogen-bond acceptors (Lipinski definition) is 7. The van der Waals surface area contributed by atoms with Crippen LogP contribution in [-0.4, -0.2) is 47.7 Å². The molecule has 2 heterocycles. The second kappa shape index (κ2) is 7.53. The molecule has 0 saturated heterocycles. The van der Waals surface area contributed by atoms with Gasteiger partial charge in [-0.25, -0.2) is 4.98 Å². The van der Waals surface area contributed by atoms with Crippen molar-refractivity contribution >= 4 is 29.0 Å². The number of aromatic nitrogens is 2. The van der Waals surface area contributed by atoms with Gasteiger partial charge in [-0.15, -0.1) is 0 Å². The standard InChI is InChI=1S/C20H25N5O3/c1-24-16-12-21-20(22-15-8-7-14(26)11-17(15)28-2)23-19(16)25(10-9-18(24)27)13-5-3-4-6-13/h7-8,11-13,26H,3-6,9-10H2,1-2H3,(H,21,22,23). The molecule has 1 aliphatic heterocycles. The number of carbonyl (C=O) groups excluding carboxylic acids is 1. The second-order valence-corrected chi connectivity index (χ2v) is 7.25. The van der Waals surface area contributed by atoms with E-state index in [9.17, 15) is 9.90 Å². The van der Waals surface area contributed by atoms with E-state index in [0.29, 0.717) is 36.4 Å². The van der Waals surface area contributed by atoms with Gasteiger partial charge in [0, 0.05) is 32.1 Å². The molecule has 0 unspecified atom stereocenters. The number of methoxy groups -OCH3 is 1. The van der Waals surface area contributed by atoms with Crippen molar-refractivity contribution in [1.82, 2.24) is 9.97 Å². The van der Waals surface area contributed by atoms with Crippen LogP contribution in [0.2, 0.25) is 0 Å². The summed E-state index contributed by atoms with van der Waals surface area (Å²) < 4.78 is 5.32. The van der Waals surface area contributed by atoms with Crippen LogP contribution in [0.15, 0.2) is 24.4 Å². The molecule has 2 aromatic rings. The molecular weight excluding hydrogens is 358 g/mol. The minimum Gasteiger partial charge on any atom is -0.508 e. The van der Waals surface area contributed by atoms with Crippen molar-refractivity contribution in [1.29, 1.82) is 0 Å². The third kappa shape index (κ3) is 3.42. The van der Waals surface area contributed by atoms with E-state index in [1.165, 1.54) is 18.9 Å². The van der Waals surface area contributed by atoms with Gasteiger partial charge in [-0.2, -0.15) is 4.98 Å². The Morgan fingerprint density at radius 3 is 2.82 bits per heavy atom. The number of anilines is 4. The van der Waals surface area contributed by atoms with Crippen LogP contribution < -0.4 is 19.9 Å². The molecule has 1 aliphatic carbocycles. The minimum atomic E-state index is 0.0752. The summed E-state index contributed by atoms with van der Waals surface area (Å²) >= 11 is 0. The van der Waals surface area contributed by atoms with Gasteiger partial charge in [0.05, 0.1) is 19.0 Å². The Morgan fingerprint density at radius 1 is 1.29 bits per heavy atom. The average molecular weight is 383 g/mol. The quantitative estimate of drug-likeness (QED) is 0.784. The number of phenolic OH excluding ortho intramolecular Hbond substituents is 1. The van der Waals surface area contributed by atoms with Gasteiger partial charge in [0.15, 0.2) is 5.82 Å². The molecule has 8 heteroatoms. The predicted octanol–water partition coefficient (Wildman–Crippen LogP) is 3.05. The Kier molecular flexibility index (Phi) is 4.93. The summed E-state index contributed by atoms with van der Waals surface area (Å²) in [5.74, 6) is 1.91. The zero-order chi connectivity index (χ0) is 19.7. The molecule has 1 aromatic heterocycles. The van der Waals surface area contributed by atoms with Crippen LogP contribution in [0.4, 0.5) is 23.1 Å². The predicted molar refractivity (Wildman–Crippen MR) is 108 cm³/mol. The minimum absolute atomic E-state index is 0.0752. The van der Waals surface area contributed by atoms with Gasteiger partial charge in [0.1, 0.15) is 17.2 Å². The highest BCUT2D eigenvalue weighted by Crippen LogP contribution is 2.37. The maximum absolute atomic E-state index is 12.4. The Morgan fingerprint density at radius 2 is 2.07 bits per heavy atom. The summed E-state index contributed by atoms with van der Waals surface area (Å²) in [5, 5.41) is 12.8. The molecule has 1 fully saturated rings. The first-order valence-electron chi connectivity index (χ1n) is 9.61. The number of fused-ring (bicyclic) bond motifs is 1. The van der Waals surface area contributed by atoms with E-state index in [2.05, 4.69) is 15.2 Å². The number of aromatic hydroxyl groups is 1. The summed E-state index contributed by atoms with van der Waals surface area (Å²) in [6.45, 7) is 0.666. The van der Waals surface area contributed by atoms with E-state index in [4.69, 9.17) is 9.72 Å². The van der Waals surface area contributed by atoms with Crippen molar-refractivity contribution in [2.24, 2.45) is 0 Å². The molecule has 1 amide bonds. The fourth-order valence-corrected chi connectivity index (χ4v) is 3.97. The van der Waals surface area contributed by atoms with Crippen LogP contribution in [-0.2, 0) is 4.79 Å². The number of ether oxygens (including phenoxy) is 1. The Balaban J connectivity index is 1.71.